The zero-order valence-corrected chi connectivity index (χ0v) is 22.5. The Hall–Kier alpha value is -2.73. The number of hydrogen-bond donors (Lipinski definition) is 0. The number of aryl methyl sites for hydroxylation is 2. The quantitative estimate of drug-likeness (QED) is 0.348. The molecule has 1 amide bonds. The highest BCUT2D eigenvalue weighted by Crippen LogP contribution is 2.24. The van der Waals surface area contributed by atoms with Gasteiger partial charge in [-0.25, -0.2) is 8.42 Å². The first kappa shape index (κ1) is 26.9. The van der Waals surface area contributed by atoms with Crippen LogP contribution < -0.4 is 4.80 Å². The van der Waals surface area contributed by atoms with Crippen LogP contribution in [0.1, 0.15) is 61.0 Å². The Morgan fingerprint density at radius 2 is 1.71 bits per heavy atom. The van der Waals surface area contributed by atoms with Crippen LogP contribution in [-0.2, 0) is 16.6 Å². The van der Waals surface area contributed by atoms with Crippen LogP contribution in [0.25, 0.3) is 10.2 Å². The van der Waals surface area contributed by atoms with E-state index in [0.29, 0.717) is 30.0 Å². The van der Waals surface area contributed by atoms with E-state index in [4.69, 9.17) is 6.42 Å². The fraction of sp³-hybridized carbons (Fsp3) is 0.407. The second kappa shape index (κ2) is 11.8. The largest absolute Gasteiger partial charge is 0.305 e. The summed E-state index contributed by atoms with van der Waals surface area (Å²) in [6.07, 6.45) is 9.05. The Morgan fingerprint density at radius 1 is 1.09 bits per heavy atom. The van der Waals surface area contributed by atoms with E-state index < -0.39 is 15.9 Å². The maximum atomic E-state index is 13.2. The van der Waals surface area contributed by atoms with Crippen molar-refractivity contribution in [3.63, 3.8) is 0 Å². The smallest absolute Gasteiger partial charge is 0.279 e. The monoisotopic (exact) mass is 511 g/mol. The Balaban J connectivity index is 1.95. The number of fused-ring (bicyclic) bond motifs is 1. The van der Waals surface area contributed by atoms with Gasteiger partial charge in [-0.1, -0.05) is 50.0 Å². The van der Waals surface area contributed by atoms with Gasteiger partial charge in [-0.15, -0.1) is 6.42 Å². The molecule has 0 fully saturated rings. The summed E-state index contributed by atoms with van der Waals surface area (Å²) < 4.78 is 30.8. The Kier molecular flexibility index (Phi) is 9.06. The van der Waals surface area contributed by atoms with E-state index >= 15 is 0 Å². The lowest BCUT2D eigenvalue weighted by Gasteiger charge is -2.22. The predicted octanol–water partition coefficient (Wildman–Crippen LogP) is 5.28. The van der Waals surface area contributed by atoms with E-state index in [0.717, 1.165) is 47.0 Å². The second-order valence-electron chi connectivity index (χ2n) is 8.66. The minimum absolute atomic E-state index is 0.191. The van der Waals surface area contributed by atoms with Gasteiger partial charge in [0, 0.05) is 18.7 Å². The number of sulfonamides is 1. The van der Waals surface area contributed by atoms with Gasteiger partial charge in [0.2, 0.25) is 10.0 Å². The molecule has 8 heteroatoms. The topological polar surface area (TPSA) is 71.7 Å². The fourth-order valence-corrected chi connectivity index (χ4v) is 6.53. The van der Waals surface area contributed by atoms with Gasteiger partial charge in [-0.2, -0.15) is 9.30 Å². The first-order valence-corrected chi connectivity index (χ1v) is 14.2. The molecule has 1 heterocycles. The zero-order chi connectivity index (χ0) is 25.6. The van der Waals surface area contributed by atoms with E-state index in [1.807, 2.05) is 38.3 Å². The number of nitrogens with zero attached hydrogens (tertiary/aromatic N) is 3. The molecule has 0 spiro atoms. The van der Waals surface area contributed by atoms with Crippen LogP contribution in [0, 0.1) is 26.2 Å². The highest BCUT2D eigenvalue weighted by atomic mass is 32.2. The molecule has 0 atom stereocenters. The number of hydrogen-bond acceptors (Lipinski definition) is 4. The van der Waals surface area contributed by atoms with Gasteiger partial charge in [0.05, 0.1) is 21.7 Å². The fourth-order valence-electron chi connectivity index (χ4n) is 3.93. The van der Waals surface area contributed by atoms with Crippen molar-refractivity contribution in [3.8, 4) is 12.3 Å². The summed E-state index contributed by atoms with van der Waals surface area (Å²) in [5.74, 6) is 2.21. The normalized spacial score (nSPS) is 12.4. The first-order chi connectivity index (χ1) is 16.7. The SMILES string of the molecule is C#CCn1c(=NC(=O)c2ccc(S(=O)(=O)N(CCCC)CCCC)cc2)sc2c(C)cc(C)cc21. The van der Waals surface area contributed by atoms with Crippen molar-refractivity contribution in [1.29, 1.82) is 0 Å². The zero-order valence-electron chi connectivity index (χ0n) is 20.9. The van der Waals surface area contributed by atoms with Gasteiger partial charge in [-0.3, -0.25) is 4.79 Å². The maximum absolute atomic E-state index is 13.2. The summed E-state index contributed by atoms with van der Waals surface area (Å²) in [5.41, 5.74) is 3.50. The molecule has 0 saturated heterocycles. The average molecular weight is 512 g/mol. The minimum Gasteiger partial charge on any atom is -0.305 e. The summed E-state index contributed by atoms with van der Waals surface area (Å²) in [6.45, 7) is 9.43. The lowest BCUT2D eigenvalue weighted by atomic mass is 10.1. The lowest BCUT2D eigenvalue weighted by molar-refractivity contribution is 0.0998. The molecule has 186 valence electrons. The van der Waals surface area contributed by atoms with Crippen molar-refractivity contribution in [2.45, 2.75) is 64.8 Å². The van der Waals surface area contributed by atoms with E-state index in [2.05, 4.69) is 17.0 Å². The van der Waals surface area contributed by atoms with E-state index in [9.17, 15) is 13.2 Å². The second-order valence-corrected chi connectivity index (χ2v) is 11.6. The van der Waals surface area contributed by atoms with Crippen LogP contribution in [0.3, 0.4) is 0 Å². The van der Waals surface area contributed by atoms with Crippen LogP contribution in [0.4, 0.5) is 0 Å². The van der Waals surface area contributed by atoms with Gasteiger partial charge < -0.3 is 4.57 Å². The maximum Gasteiger partial charge on any atom is 0.279 e. The van der Waals surface area contributed by atoms with Crippen LogP contribution in [0.2, 0.25) is 0 Å². The number of carbonyl (C=O) groups excluding carboxylic acids is 1. The van der Waals surface area contributed by atoms with Crippen LogP contribution in [0.15, 0.2) is 46.3 Å². The molecule has 0 aliphatic heterocycles. The van der Waals surface area contributed by atoms with Crippen LogP contribution in [0.5, 0.6) is 0 Å². The molecule has 0 bridgehead atoms. The Labute approximate surface area is 212 Å². The molecule has 6 nitrogen and oxygen atoms in total. The number of carbonyl (C=O) groups is 1. The highest BCUT2D eigenvalue weighted by Gasteiger charge is 2.23. The first-order valence-electron chi connectivity index (χ1n) is 12.0. The van der Waals surface area contributed by atoms with E-state index in [-0.39, 0.29) is 4.90 Å². The van der Waals surface area contributed by atoms with Crippen molar-refractivity contribution in [2.24, 2.45) is 4.99 Å². The molecule has 0 saturated carbocycles. The van der Waals surface area contributed by atoms with Crippen LogP contribution >= 0.6 is 11.3 Å². The molecule has 2 aromatic carbocycles. The predicted molar refractivity (Wildman–Crippen MR) is 143 cm³/mol. The summed E-state index contributed by atoms with van der Waals surface area (Å²) in [4.78, 5) is 18.1. The molecule has 0 N–H and O–H groups in total. The molecule has 0 unspecified atom stereocenters. The molecular formula is C27H33N3O3S2. The van der Waals surface area contributed by atoms with Crippen molar-refractivity contribution in [1.82, 2.24) is 8.87 Å². The third kappa shape index (κ3) is 6.10. The highest BCUT2D eigenvalue weighted by molar-refractivity contribution is 7.89. The Morgan fingerprint density at radius 3 is 2.29 bits per heavy atom. The number of aromatic nitrogens is 1. The standard InChI is InChI=1S/C27H33N3O3S2/c1-6-9-16-29(17-10-7-2)35(32,33)23-13-11-22(12-14-23)26(31)28-27-30(15-8-3)24-19-20(4)18-21(5)25(24)34-27/h3,11-14,18-19H,6-7,9-10,15-17H2,1-2,4-5H3. The molecule has 3 rings (SSSR count). The minimum atomic E-state index is -3.62. The van der Waals surface area contributed by atoms with Crippen molar-refractivity contribution in [2.75, 3.05) is 13.1 Å². The molecule has 35 heavy (non-hydrogen) atoms. The third-order valence-corrected chi connectivity index (χ3v) is 8.96. The number of amides is 1. The van der Waals surface area contributed by atoms with Gasteiger partial charge in [-0.05, 0) is 68.1 Å². The number of terminal acetylenes is 1. The number of rotatable bonds is 10. The molecule has 3 aromatic rings. The van der Waals surface area contributed by atoms with Gasteiger partial charge in [0.25, 0.3) is 5.91 Å². The van der Waals surface area contributed by atoms with E-state index in [1.165, 1.54) is 35.6 Å². The molecule has 0 aliphatic carbocycles. The van der Waals surface area contributed by atoms with Gasteiger partial charge >= 0.3 is 0 Å². The number of unbranched alkanes of at least 4 members (excludes halogenated alkanes) is 2. The van der Waals surface area contributed by atoms with Crippen LogP contribution in [-0.4, -0.2) is 36.3 Å². The summed E-state index contributed by atoms with van der Waals surface area (Å²) >= 11 is 1.43. The summed E-state index contributed by atoms with van der Waals surface area (Å²) in [5, 5.41) is 0. The molecule has 0 aliphatic rings. The summed E-state index contributed by atoms with van der Waals surface area (Å²) in [7, 11) is -3.62. The van der Waals surface area contributed by atoms with E-state index in [1.54, 1.807) is 4.31 Å². The molecule has 1 aromatic heterocycles. The number of benzene rings is 2. The Bertz CT molecular complexity index is 1400. The molecular weight excluding hydrogens is 478 g/mol. The summed E-state index contributed by atoms with van der Waals surface area (Å²) in [6, 6.07) is 10.2. The third-order valence-electron chi connectivity index (χ3n) is 5.82. The van der Waals surface area contributed by atoms with Crippen molar-refractivity contribution < 1.29 is 13.2 Å². The number of thiazole rings is 1. The lowest BCUT2D eigenvalue weighted by Crippen LogP contribution is -2.33. The van der Waals surface area contributed by atoms with Gasteiger partial charge in [0.15, 0.2) is 4.80 Å². The van der Waals surface area contributed by atoms with Gasteiger partial charge in [0.1, 0.15) is 0 Å². The molecule has 0 radical (unpaired) electrons. The van der Waals surface area contributed by atoms with Crippen molar-refractivity contribution in [3.05, 3.63) is 57.9 Å². The average Bonchev–Trinajstić information content (AvgIpc) is 3.16. The van der Waals surface area contributed by atoms with Crippen molar-refractivity contribution >= 4 is 37.5 Å².